The van der Waals surface area contributed by atoms with Crippen molar-refractivity contribution in [3.8, 4) is 0 Å². The Morgan fingerprint density at radius 2 is 1.71 bits per heavy atom. The molecule has 0 saturated carbocycles. The summed E-state index contributed by atoms with van der Waals surface area (Å²) in [6.07, 6.45) is 1.95. The second-order valence-corrected chi connectivity index (χ2v) is 6.29. The Kier molecular flexibility index (Phi) is 7.29. The number of hydrogen-bond acceptors (Lipinski definition) is 3. The van der Waals surface area contributed by atoms with E-state index in [2.05, 4.69) is 37.7 Å². The van der Waals surface area contributed by atoms with Crippen LogP contribution in [-0.4, -0.2) is 55.6 Å². The van der Waals surface area contributed by atoms with Gasteiger partial charge >= 0.3 is 0 Å². The summed E-state index contributed by atoms with van der Waals surface area (Å²) in [6, 6.07) is 6.77. The molecule has 4 heteroatoms. The van der Waals surface area contributed by atoms with E-state index in [-0.39, 0.29) is 11.4 Å². The first-order valence-corrected chi connectivity index (χ1v) is 7.75. The highest BCUT2D eigenvalue weighted by Crippen LogP contribution is 2.21. The van der Waals surface area contributed by atoms with Gasteiger partial charge in [0.2, 0.25) is 0 Å². The van der Waals surface area contributed by atoms with Crippen molar-refractivity contribution >= 4 is 0 Å². The maximum Gasteiger partial charge on any atom is 0.123 e. The topological polar surface area (TPSA) is 32.5 Å². The van der Waals surface area contributed by atoms with E-state index in [9.17, 15) is 4.39 Å². The Bertz CT molecular complexity index is 405. The summed E-state index contributed by atoms with van der Waals surface area (Å²) in [5.74, 6) is -0.189. The Morgan fingerprint density at radius 3 is 2.19 bits per heavy atom. The molecule has 0 saturated heterocycles. The third-order valence-corrected chi connectivity index (χ3v) is 4.01. The number of rotatable bonds is 9. The van der Waals surface area contributed by atoms with Gasteiger partial charge in [0, 0.05) is 25.2 Å². The van der Waals surface area contributed by atoms with Crippen LogP contribution < -0.4 is 5.73 Å². The number of nitrogens with two attached hydrogens (primary N) is 1. The van der Waals surface area contributed by atoms with E-state index >= 15 is 0 Å². The maximum atomic E-state index is 13.0. The van der Waals surface area contributed by atoms with Gasteiger partial charge < -0.3 is 10.6 Å². The molecule has 3 nitrogen and oxygen atoms in total. The van der Waals surface area contributed by atoms with Gasteiger partial charge in [0.25, 0.3) is 0 Å². The molecule has 0 radical (unpaired) electrons. The second kappa shape index (κ2) is 8.47. The minimum Gasteiger partial charge on any atom is -0.329 e. The molecule has 0 aliphatic heterocycles. The molecule has 0 aromatic heterocycles. The minimum atomic E-state index is -0.189. The molecule has 0 amide bonds. The lowest BCUT2D eigenvalue weighted by Gasteiger charge is -2.41. The SMILES string of the molecule is CCCN(CCN(C)C)C(C)(CN)Cc1ccc(F)cc1. The highest BCUT2D eigenvalue weighted by Gasteiger charge is 2.30. The maximum absolute atomic E-state index is 13.0. The van der Waals surface area contributed by atoms with Crippen molar-refractivity contribution < 1.29 is 4.39 Å². The number of likely N-dealkylation sites (N-methyl/N-ethyl adjacent to an activating group) is 1. The molecule has 1 atom stereocenters. The van der Waals surface area contributed by atoms with Gasteiger partial charge in [-0.3, -0.25) is 4.90 Å². The van der Waals surface area contributed by atoms with Crippen LogP contribution in [0.4, 0.5) is 4.39 Å². The summed E-state index contributed by atoms with van der Waals surface area (Å²) in [6.45, 7) is 8.04. The average molecular weight is 295 g/mol. The smallest absolute Gasteiger partial charge is 0.123 e. The lowest BCUT2D eigenvalue weighted by molar-refractivity contribution is 0.100. The van der Waals surface area contributed by atoms with Crippen LogP contribution >= 0.6 is 0 Å². The molecule has 2 N–H and O–H groups in total. The number of halogens is 1. The molecular formula is C17H30FN3. The van der Waals surface area contributed by atoms with Crippen molar-refractivity contribution in [1.29, 1.82) is 0 Å². The van der Waals surface area contributed by atoms with Crippen LogP contribution in [0.15, 0.2) is 24.3 Å². The van der Waals surface area contributed by atoms with Gasteiger partial charge in [-0.25, -0.2) is 4.39 Å². The number of benzene rings is 1. The molecule has 0 aliphatic rings. The van der Waals surface area contributed by atoms with Crippen LogP contribution in [-0.2, 0) is 6.42 Å². The Morgan fingerprint density at radius 1 is 1.10 bits per heavy atom. The molecule has 1 unspecified atom stereocenters. The lowest BCUT2D eigenvalue weighted by Crippen LogP contribution is -2.55. The zero-order valence-corrected chi connectivity index (χ0v) is 13.9. The van der Waals surface area contributed by atoms with Gasteiger partial charge in [-0.15, -0.1) is 0 Å². The first-order valence-electron chi connectivity index (χ1n) is 7.75. The van der Waals surface area contributed by atoms with Crippen LogP contribution in [0, 0.1) is 5.82 Å². The summed E-state index contributed by atoms with van der Waals surface area (Å²) in [7, 11) is 4.17. The Labute approximate surface area is 128 Å². The summed E-state index contributed by atoms with van der Waals surface area (Å²) >= 11 is 0. The summed E-state index contributed by atoms with van der Waals surface area (Å²) < 4.78 is 13.0. The molecule has 1 aromatic carbocycles. The molecule has 0 heterocycles. The molecule has 120 valence electrons. The normalized spacial score (nSPS) is 14.7. The first kappa shape index (κ1) is 18.1. The second-order valence-electron chi connectivity index (χ2n) is 6.29. The zero-order chi connectivity index (χ0) is 15.9. The predicted molar refractivity (Wildman–Crippen MR) is 88.0 cm³/mol. The van der Waals surface area contributed by atoms with Gasteiger partial charge in [0.1, 0.15) is 5.82 Å². The third-order valence-electron chi connectivity index (χ3n) is 4.01. The molecular weight excluding hydrogens is 265 g/mol. The van der Waals surface area contributed by atoms with E-state index in [1.165, 1.54) is 12.1 Å². The monoisotopic (exact) mass is 295 g/mol. The van der Waals surface area contributed by atoms with Crippen LogP contribution in [0.3, 0.4) is 0 Å². The van der Waals surface area contributed by atoms with E-state index in [1.54, 1.807) is 0 Å². The quantitative estimate of drug-likeness (QED) is 0.759. The zero-order valence-electron chi connectivity index (χ0n) is 13.9. The van der Waals surface area contributed by atoms with E-state index in [1.807, 2.05) is 12.1 Å². The molecule has 1 rings (SSSR count). The fourth-order valence-electron chi connectivity index (χ4n) is 2.60. The highest BCUT2D eigenvalue weighted by atomic mass is 19.1. The van der Waals surface area contributed by atoms with E-state index in [4.69, 9.17) is 5.73 Å². The fraction of sp³-hybridized carbons (Fsp3) is 0.647. The van der Waals surface area contributed by atoms with Crippen LogP contribution in [0.5, 0.6) is 0 Å². The van der Waals surface area contributed by atoms with Crippen molar-refractivity contribution in [1.82, 2.24) is 9.80 Å². The van der Waals surface area contributed by atoms with Crippen LogP contribution in [0.25, 0.3) is 0 Å². The molecule has 0 spiro atoms. The van der Waals surface area contributed by atoms with Gasteiger partial charge in [-0.1, -0.05) is 19.1 Å². The largest absolute Gasteiger partial charge is 0.329 e. The van der Waals surface area contributed by atoms with Gasteiger partial charge in [0.15, 0.2) is 0 Å². The van der Waals surface area contributed by atoms with Gasteiger partial charge in [-0.2, -0.15) is 0 Å². The highest BCUT2D eigenvalue weighted by molar-refractivity contribution is 5.19. The third kappa shape index (κ3) is 5.73. The van der Waals surface area contributed by atoms with Crippen molar-refractivity contribution in [3.63, 3.8) is 0 Å². The fourth-order valence-corrected chi connectivity index (χ4v) is 2.60. The standard InChI is InChI=1S/C17H30FN3/c1-5-10-21(12-11-20(3)4)17(2,14-19)13-15-6-8-16(18)9-7-15/h6-9H,5,10-14,19H2,1-4H3. The number of nitrogens with zero attached hydrogens (tertiary/aromatic N) is 2. The average Bonchev–Trinajstić information content (AvgIpc) is 2.45. The molecule has 1 aromatic rings. The Balaban J connectivity index is 2.83. The summed E-state index contributed by atoms with van der Waals surface area (Å²) in [4.78, 5) is 4.66. The van der Waals surface area contributed by atoms with Crippen LogP contribution in [0.1, 0.15) is 25.8 Å². The molecule has 0 aliphatic carbocycles. The minimum absolute atomic E-state index is 0.0934. The molecule has 0 bridgehead atoms. The number of hydrogen-bond donors (Lipinski definition) is 1. The van der Waals surface area contributed by atoms with E-state index in [0.29, 0.717) is 6.54 Å². The van der Waals surface area contributed by atoms with Crippen molar-refractivity contribution in [2.45, 2.75) is 32.2 Å². The lowest BCUT2D eigenvalue weighted by atomic mass is 9.90. The van der Waals surface area contributed by atoms with Crippen LogP contribution in [0.2, 0.25) is 0 Å². The predicted octanol–water partition coefficient (Wildman–Crippen LogP) is 2.36. The van der Waals surface area contributed by atoms with E-state index in [0.717, 1.165) is 38.0 Å². The Hall–Kier alpha value is -0.970. The van der Waals surface area contributed by atoms with Crippen molar-refractivity contribution in [3.05, 3.63) is 35.6 Å². The van der Waals surface area contributed by atoms with Crippen molar-refractivity contribution in [2.75, 3.05) is 40.3 Å². The summed E-state index contributed by atoms with van der Waals surface area (Å²) in [5, 5.41) is 0. The van der Waals surface area contributed by atoms with Gasteiger partial charge in [0.05, 0.1) is 0 Å². The van der Waals surface area contributed by atoms with Crippen molar-refractivity contribution in [2.24, 2.45) is 5.73 Å². The first-order chi connectivity index (χ1) is 9.91. The summed E-state index contributed by atoms with van der Waals surface area (Å²) in [5.41, 5.74) is 7.13. The molecule has 0 fully saturated rings. The van der Waals surface area contributed by atoms with E-state index < -0.39 is 0 Å². The van der Waals surface area contributed by atoms with Gasteiger partial charge in [-0.05, 0) is 58.1 Å². The molecule has 21 heavy (non-hydrogen) atoms.